The van der Waals surface area contributed by atoms with Crippen molar-refractivity contribution in [2.24, 2.45) is 0 Å². The number of anilines is 1. The third-order valence-corrected chi connectivity index (χ3v) is 2.48. The third-order valence-electron chi connectivity index (χ3n) is 2.48. The number of aromatic nitrogens is 2. The van der Waals surface area contributed by atoms with Gasteiger partial charge < -0.3 is 14.5 Å². The average molecular weight is 261 g/mol. The number of nitrogens with zero attached hydrogens (tertiary/aromatic N) is 3. The minimum atomic E-state index is -1.27. The van der Waals surface area contributed by atoms with Gasteiger partial charge in [-0.05, 0) is 19.1 Å². The van der Waals surface area contributed by atoms with E-state index in [1.165, 1.54) is 4.90 Å². The van der Waals surface area contributed by atoms with Gasteiger partial charge in [0.25, 0.3) is 5.91 Å². The van der Waals surface area contributed by atoms with Crippen LogP contribution in [0.5, 0.6) is 0 Å². The molecule has 2 aromatic heterocycles. The summed E-state index contributed by atoms with van der Waals surface area (Å²) in [6.07, 6.45) is 3.13. The zero-order valence-corrected chi connectivity index (χ0v) is 10.1. The van der Waals surface area contributed by atoms with Crippen LogP contribution in [-0.2, 0) is 0 Å². The predicted molar refractivity (Wildman–Crippen MR) is 65.0 cm³/mol. The topological polar surface area (TPSA) is 96.5 Å². The Morgan fingerprint density at radius 3 is 2.58 bits per heavy atom. The Morgan fingerprint density at radius 1 is 1.37 bits per heavy atom. The number of hydrogen-bond acceptors (Lipinski definition) is 5. The van der Waals surface area contributed by atoms with E-state index in [0.717, 1.165) is 6.07 Å². The first-order valence-corrected chi connectivity index (χ1v) is 5.55. The number of hydrogen-bond donors (Lipinski definition) is 1. The van der Waals surface area contributed by atoms with Crippen LogP contribution in [0.2, 0.25) is 0 Å². The second-order valence-electron chi connectivity index (χ2n) is 3.64. The molecule has 19 heavy (non-hydrogen) atoms. The maximum Gasteiger partial charge on any atom is 0.374 e. The van der Waals surface area contributed by atoms with Gasteiger partial charge in [-0.15, -0.1) is 0 Å². The summed E-state index contributed by atoms with van der Waals surface area (Å²) in [6, 6.07) is 4.47. The predicted octanol–water partition coefficient (Wildman–Crippen LogP) is 1.43. The molecule has 2 rings (SSSR count). The maximum atomic E-state index is 12.2. The lowest BCUT2D eigenvalue weighted by Gasteiger charge is -2.19. The summed E-state index contributed by atoms with van der Waals surface area (Å²) < 4.78 is 4.57. The molecule has 0 atom stereocenters. The monoisotopic (exact) mass is 261 g/mol. The molecular weight excluding hydrogens is 250 g/mol. The van der Waals surface area contributed by atoms with Crippen molar-refractivity contribution in [1.29, 1.82) is 0 Å². The molecule has 1 N–H and O–H groups in total. The van der Waals surface area contributed by atoms with Crippen molar-refractivity contribution in [3.63, 3.8) is 0 Å². The molecule has 0 aromatic carbocycles. The highest BCUT2D eigenvalue weighted by molar-refractivity contribution is 6.05. The van der Waals surface area contributed by atoms with Crippen LogP contribution >= 0.6 is 0 Å². The van der Waals surface area contributed by atoms with Crippen LogP contribution in [0.4, 0.5) is 5.69 Å². The van der Waals surface area contributed by atoms with Crippen molar-refractivity contribution < 1.29 is 19.2 Å². The van der Waals surface area contributed by atoms with Gasteiger partial charge in [0.15, 0.2) is 5.69 Å². The Morgan fingerprint density at radius 2 is 2.05 bits per heavy atom. The standard InChI is InChI=1S/C12H11N3O4/c1-2-15(8-3-5-13-6-4-8)11(16)9-7-10(12(17)18)19-14-9/h3-7H,2H2,1H3,(H,17,18). The van der Waals surface area contributed by atoms with Crippen molar-refractivity contribution in [3.8, 4) is 0 Å². The van der Waals surface area contributed by atoms with Gasteiger partial charge in [-0.25, -0.2) is 4.79 Å². The minimum absolute atomic E-state index is 0.0453. The second kappa shape index (κ2) is 5.30. The fourth-order valence-electron chi connectivity index (χ4n) is 1.58. The molecule has 2 heterocycles. The second-order valence-corrected chi connectivity index (χ2v) is 3.64. The molecule has 2 aromatic rings. The highest BCUT2D eigenvalue weighted by atomic mass is 16.5. The van der Waals surface area contributed by atoms with E-state index in [9.17, 15) is 9.59 Å². The smallest absolute Gasteiger partial charge is 0.374 e. The molecule has 98 valence electrons. The maximum absolute atomic E-state index is 12.2. The summed E-state index contributed by atoms with van der Waals surface area (Å²) >= 11 is 0. The van der Waals surface area contributed by atoms with E-state index in [4.69, 9.17) is 5.11 Å². The van der Waals surface area contributed by atoms with E-state index in [2.05, 4.69) is 14.7 Å². The lowest BCUT2D eigenvalue weighted by atomic mass is 10.3. The molecule has 7 nitrogen and oxygen atoms in total. The first-order valence-electron chi connectivity index (χ1n) is 5.55. The van der Waals surface area contributed by atoms with Crippen molar-refractivity contribution >= 4 is 17.6 Å². The molecule has 0 bridgehead atoms. The molecule has 0 aliphatic heterocycles. The summed E-state index contributed by atoms with van der Waals surface area (Å²) in [5.41, 5.74) is 0.610. The van der Waals surface area contributed by atoms with Gasteiger partial charge >= 0.3 is 5.97 Å². The summed E-state index contributed by atoms with van der Waals surface area (Å²) in [6.45, 7) is 2.22. The van der Waals surface area contributed by atoms with E-state index in [-0.39, 0.29) is 11.5 Å². The van der Waals surface area contributed by atoms with Crippen LogP contribution in [0.15, 0.2) is 35.1 Å². The van der Waals surface area contributed by atoms with E-state index in [0.29, 0.717) is 12.2 Å². The van der Waals surface area contributed by atoms with Crippen molar-refractivity contribution in [2.75, 3.05) is 11.4 Å². The summed E-state index contributed by atoms with van der Waals surface area (Å²) in [4.78, 5) is 28.2. The molecule has 0 saturated carbocycles. The van der Waals surface area contributed by atoms with Gasteiger partial charge in [-0.1, -0.05) is 5.16 Å². The molecule has 0 radical (unpaired) electrons. The van der Waals surface area contributed by atoms with Gasteiger partial charge in [-0.3, -0.25) is 9.78 Å². The number of carboxylic acid groups (broad SMARTS) is 1. The fourth-order valence-corrected chi connectivity index (χ4v) is 1.58. The van der Waals surface area contributed by atoms with Crippen molar-refractivity contribution in [2.45, 2.75) is 6.92 Å². The van der Waals surface area contributed by atoms with Crippen LogP contribution < -0.4 is 4.90 Å². The Labute approximate surface area is 108 Å². The third kappa shape index (κ3) is 2.59. The quantitative estimate of drug-likeness (QED) is 0.894. The van der Waals surface area contributed by atoms with Gasteiger partial charge in [0.1, 0.15) is 0 Å². The Bertz CT molecular complexity index is 594. The highest BCUT2D eigenvalue weighted by Crippen LogP contribution is 2.16. The van der Waals surface area contributed by atoms with Crippen molar-refractivity contribution in [3.05, 3.63) is 42.0 Å². The number of rotatable bonds is 4. The summed E-state index contributed by atoms with van der Waals surface area (Å²) in [5, 5.41) is 12.2. The summed E-state index contributed by atoms with van der Waals surface area (Å²) in [5.74, 6) is -2.06. The number of pyridine rings is 1. The van der Waals surface area contributed by atoms with Gasteiger partial charge in [0, 0.05) is 30.7 Å². The Balaban J connectivity index is 2.28. The SMILES string of the molecule is CCN(C(=O)c1cc(C(=O)O)on1)c1ccncc1. The fraction of sp³-hybridized carbons (Fsp3) is 0.167. The molecule has 7 heteroatoms. The van der Waals surface area contributed by atoms with Gasteiger partial charge in [0.2, 0.25) is 5.76 Å². The minimum Gasteiger partial charge on any atom is -0.475 e. The van der Waals surface area contributed by atoms with E-state index in [1.807, 2.05) is 0 Å². The number of carboxylic acids is 1. The lowest BCUT2D eigenvalue weighted by molar-refractivity contribution is 0.0651. The first kappa shape index (κ1) is 12.7. The molecule has 0 unspecified atom stereocenters. The van der Waals surface area contributed by atoms with Crippen LogP contribution in [0, 0.1) is 0 Å². The van der Waals surface area contributed by atoms with Crippen molar-refractivity contribution in [1.82, 2.24) is 10.1 Å². The number of amides is 1. The van der Waals surface area contributed by atoms with Crippen LogP contribution in [0.3, 0.4) is 0 Å². The lowest BCUT2D eigenvalue weighted by Crippen LogP contribution is -2.30. The molecule has 0 aliphatic carbocycles. The van der Waals surface area contributed by atoms with E-state index >= 15 is 0 Å². The number of aromatic carboxylic acids is 1. The zero-order chi connectivity index (χ0) is 13.8. The number of carbonyl (C=O) groups is 2. The molecule has 0 saturated heterocycles. The van der Waals surface area contributed by atoms with Gasteiger partial charge in [-0.2, -0.15) is 0 Å². The normalized spacial score (nSPS) is 10.2. The van der Waals surface area contributed by atoms with Crippen LogP contribution in [-0.4, -0.2) is 33.7 Å². The highest BCUT2D eigenvalue weighted by Gasteiger charge is 2.22. The molecule has 1 amide bonds. The zero-order valence-electron chi connectivity index (χ0n) is 10.1. The largest absolute Gasteiger partial charge is 0.475 e. The average Bonchev–Trinajstić information content (AvgIpc) is 2.90. The van der Waals surface area contributed by atoms with E-state index < -0.39 is 11.9 Å². The Hall–Kier alpha value is -2.70. The molecule has 0 spiro atoms. The molecule has 0 fully saturated rings. The van der Waals surface area contributed by atoms with E-state index in [1.54, 1.807) is 31.5 Å². The first-order chi connectivity index (χ1) is 9.13. The molecule has 0 aliphatic rings. The molecular formula is C12H11N3O4. The summed E-state index contributed by atoms with van der Waals surface area (Å²) in [7, 11) is 0. The van der Waals surface area contributed by atoms with Gasteiger partial charge in [0.05, 0.1) is 0 Å². The van der Waals surface area contributed by atoms with Crippen LogP contribution in [0.1, 0.15) is 28.0 Å². The Kier molecular flexibility index (Phi) is 3.56. The van der Waals surface area contributed by atoms with Crippen LogP contribution in [0.25, 0.3) is 0 Å². The number of carbonyl (C=O) groups excluding carboxylic acids is 1.